The second kappa shape index (κ2) is 7.67. The van der Waals surface area contributed by atoms with Crippen molar-refractivity contribution in [1.82, 2.24) is 9.38 Å². The lowest BCUT2D eigenvalue weighted by molar-refractivity contribution is 1.23. The van der Waals surface area contributed by atoms with E-state index in [0.29, 0.717) is 5.02 Å². The molecule has 0 aliphatic heterocycles. The van der Waals surface area contributed by atoms with E-state index in [1.807, 2.05) is 30.3 Å². The first-order valence-corrected chi connectivity index (χ1v) is 11.0. The van der Waals surface area contributed by atoms with Crippen LogP contribution in [0, 0.1) is 0 Å². The van der Waals surface area contributed by atoms with Crippen molar-refractivity contribution in [3.63, 3.8) is 0 Å². The molecule has 2 heterocycles. The predicted molar refractivity (Wildman–Crippen MR) is 134 cm³/mol. The molecule has 0 spiro atoms. The molecule has 0 aliphatic rings. The highest BCUT2D eigenvalue weighted by Crippen LogP contribution is 2.40. The van der Waals surface area contributed by atoms with Crippen LogP contribution in [-0.2, 0) is 0 Å². The molecule has 0 atom stereocenters. The molecule has 2 aromatic heterocycles. The summed E-state index contributed by atoms with van der Waals surface area (Å²) < 4.78 is 2.26. The second-order valence-electron chi connectivity index (χ2n) is 7.82. The Morgan fingerprint density at radius 2 is 1.19 bits per heavy atom. The van der Waals surface area contributed by atoms with Gasteiger partial charge in [-0.05, 0) is 46.5 Å². The van der Waals surface area contributed by atoms with Crippen LogP contribution in [-0.4, -0.2) is 9.38 Å². The number of hydrogen-bond acceptors (Lipinski definition) is 1. The van der Waals surface area contributed by atoms with E-state index in [1.54, 1.807) is 0 Å². The lowest BCUT2D eigenvalue weighted by Crippen LogP contribution is -1.98. The number of fused-ring (bicyclic) bond motifs is 3. The minimum atomic E-state index is 0.687. The molecule has 6 rings (SSSR count). The number of hydrogen-bond donors (Lipinski definition) is 0. The average Bonchev–Trinajstić information content (AvgIpc) is 3.23. The molecular weight excluding hydrogens is 412 g/mol. The third-order valence-electron chi connectivity index (χ3n) is 5.85. The number of benzene rings is 4. The molecule has 0 radical (unpaired) electrons. The SMILES string of the molecule is Clc1ccc2c(c1)nc1c(-c3ccccc3)c(-c3ccccc3)cc(-c3ccccc3)n12. The third kappa shape index (κ3) is 3.08. The van der Waals surface area contributed by atoms with E-state index in [4.69, 9.17) is 16.6 Å². The van der Waals surface area contributed by atoms with Crippen LogP contribution in [0.15, 0.2) is 115 Å². The lowest BCUT2D eigenvalue weighted by atomic mass is 9.93. The maximum absolute atomic E-state index is 6.34. The summed E-state index contributed by atoms with van der Waals surface area (Å²) in [5.74, 6) is 0. The van der Waals surface area contributed by atoms with E-state index in [2.05, 4.69) is 89.3 Å². The van der Waals surface area contributed by atoms with Crippen molar-refractivity contribution in [3.8, 4) is 33.5 Å². The standard InChI is InChI=1S/C29H19ClN2/c30-23-16-17-26-25(18-23)31-29-28(22-14-8-3-9-15-22)24(20-10-4-1-5-11-20)19-27(32(26)29)21-12-6-2-7-13-21/h1-19H. The first kappa shape index (κ1) is 18.9. The number of aromatic nitrogens is 2. The van der Waals surface area contributed by atoms with Crippen LogP contribution in [0.5, 0.6) is 0 Å². The monoisotopic (exact) mass is 430 g/mol. The molecule has 0 bridgehead atoms. The van der Waals surface area contributed by atoms with Gasteiger partial charge < -0.3 is 0 Å². The van der Waals surface area contributed by atoms with Gasteiger partial charge in [-0.3, -0.25) is 4.40 Å². The minimum absolute atomic E-state index is 0.687. The summed E-state index contributed by atoms with van der Waals surface area (Å²) in [6, 6.07) is 39.7. The van der Waals surface area contributed by atoms with Crippen molar-refractivity contribution < 1.29 is 0 Å². The number of imidazole rings is 1. The van der Waals surface area contributed by atoms with E-state index in [9.17, 15) is 0 Å². The molecular formula is C29H19ClN2. The molecule has 0 amide bonds. The number of nitrogens with zero attached hydrogens (tertiary/aromatic N) is 2. The van der Waals surface area contributed by atoms with Crippen LogP contribution < -0.4 is 0 Å². The third-order valence-corrected chi connectivity index (χ3v) is 6.08. The highest BCUT2D eigenvalue weighted by molar-refractivity contribution is 6.31. The summed E-state index contributed by atoms with van der Waals surface area (Å²) in [6.07, 6.45) is 0. The number of halogens is 1. The van der Waals surface area contributed by atoms with E-state index < -0.39 is 0 Å². The molecule has 0 saturated heterocycles. The first-order valence-electron chi connectivity index (χ1n) is 10.6. The molecule has 0 unspecified atom stereocenters. The molecule has 4 aromatic carbocycles. The zero-order chi connectivity index (χ0) is 21.5. The van der Waals surface area contributed by atoms with Gasteiger partial charge in [0.2, 0.25) is 0 Å². The molecule has 0 N–H and O–H groups in total. The molecule has 152 valence electrons. The smallest absolute Gasteiger partial charge is 0.146 e. The van der Waals surface area contributed by atoms with Gasteiger partial charge in [-0.25, -0.2) is 4.98 Å². The fraction of sp³-hybridized carbons (Fsp3) is 0. The second-order valence-corrected chi connectivity index (χ2v) is 8.26. The zero-order valence-corrected chi connectivity index (χ0v) is 18.0. The summed E-state index contributed by atoms with van der Waals surface area (Å²) in [5.41, 5.74) is 9.67. The zero-order valence-electron chi connectivity index (χ0n) is 17.2. The van der Waals surface area contributed by atoms with E-state index >= 15 is 0 Å². The number of pyridine rings is 1. The van der Waals surface area contributed by atoms with Crippen molar-refractivity contribution in [1.29, 1.82) is 0 Å². The Labute approximate surface area is 191 Å². The van der Waals surface area contributed by atoms with Crippen LogP contribution in [0.4, 0.5) is 0 Å². The van der Waals surface area contributed by atoms with Crippen LogP contribution in [0.2, 0.25) is 5.02 Å². The molecule has 0 aliphatic carbocycles. The van der Waals surface area contributed by atoms with E-state index in [0.717, 1.165) is 50.2 Å². The molecule has 2 nitrogen and oxygen atoms in total. The Morgan fingerprint density at radius 1 is 0.594 bits per heavy atom. The Morgan fingerprint density at radius 3 is 1.84 bits per heavy atom. The van der Waals surface area contributed by atoms with Gasteiger partial charge in [0, 0.05) is 10.6 Å². The first-order chi connectivity index (χ1) is 15.8. The Balaban J connectivity index is 1.83. The van der Waals surface area contributed by atoms with Gasteiger partial charge in [0.25, 0.3) is 0 Å². The topological polar surface area (TPSA) is 17.3 Å². The van der Waals surface area contributed by atoms with Gasteiger partial charge in [0.1, 0.15) is 5.65 Å². The van der Waals surface area contributed by atoms with Crippen LogP contribution in [0.1, 0.15) is 0 Å². The summed E-state index contributed by atoms with van der Waals surface area (Å²) in [6.45, 7) is 0. The van der Waals surface area contributed by atoms with Crippen LogP contribution in [0.3, 0.4) is 0 Å². The van der Waals surface area contributed by atoms with Gasteiger partial charge >= 0.3 is 0 Å². The fourth-order valence-corrected chi connectivity index (χ4v) is 4.58. The van der Waals surface area contributed by atoms with Crippen molar-refractivity contribution in [2.24, 2.45) is 0 Å². The minimum Gasteiger partial charge on any atom is -0.292 e. The van der Waals surface area contributed by atoms with Gasteiger partial charge in [-0.15, -0.1) is 0 Å². The largest absolute Gasteiger partial charge is 0.292 e. The normalized spacial score (nSPS) is 11.3. The van der Waals surface area contributed by atoms with Gasteiger partial charge in [0.05, 0.1) is 16.7 Å². The van der Waals surface area contributed by atoms with Crippen LogP contribution >= 0.6 is 11.6 Å². The van der Waals surface area contributed by atoms with Gasteiger partial charge in [-0.2, -0.15) is 0 Å². The molecule has 32 heavy (non-hydrogen) atoms. The Bertz CT molecular complexity index is 1550. The van der Waals surface area contributed by atoms with E-state index in [1.165, 1.54) is 0 Å². The molecule has 0 saturated carbocycles. The van der Waals surface area contributed by atoms with E-state index in [-0.39, 0.29) is 0 Å². The van der Waals surface area contributed by atoms with Crippen molar-refractivity contribution in [2.45, 2.75) is 0 Å². The summed E-state index contributed by atoms with van der Waals surface area (Å²) in [7, 11) is 0. The highest BCUT2D eigenvalue weighted by atomic mass is 35.5. The van der Waals surface area contributed by atoms with Crippen molar-refractivity contribution >= 4 is 28.3 Å². The maximum atomic E-state index is 6.34. The average molecular weight is 431 g/mol. The quantitative estimate of drug-likeness (QED) is 0.277. The van der Waals surface area contributed by atoms with Gasteiger partial charge in [0.15, 0.2) is 0 Å². The Kier molecular flexibility index (Phi) is 4.52. The number of rotatable bonds is 3. The van der Waals surface area contributed by atoms with Crippen molar-refractivity contribution in [2.75, 3.05) is 0 Å². The highest BCUT2D eigenvalue weighted by Gasteiger charge is 2.20. The van der Waals surface area contributed by atoms with Crippen molar-refractivity contribution in [3.05, 3.63) is 120 Å². The van der Waals surface area contributed by atoms with Gasteiger partial charge in [-0.1, -0.05) is 103 Å². The summed E-state index contributed by atoms with van der Waals surface area (Å²) >= 11 is 6.34. The molecule has 6 aromatic rings. The lowest BCUT2D eigenvalue weighted by Gasteiger charge is -2.16. The molecule has 3 heteroatoms. The Hall–Kier alpha value is -3.88. The maximum Gasteiger partial charge on any atom is 0.146 e. The summed E-state index contributed by atoms with van der Waals surface area (Å²) in [5, 5.41) is 0.687. The molecule has 0 fully saturated rings. The fourth-order valence-electron chi connectivity index (χ4n) is 4.42. The summed E-state index contributed by atoms with van der Waals surface area (Å²) in [4.78, 5) is 5.10. The predicted octanol–water partition coefficient (Wildman–Crippen LogP) is 8.14. The van der Waals surface area contributed by atoms with Crippen LogP contribution in [0.25, 0.3) is 50.2 Å².